The topological polar surface area (TPSA) is 0 Å². The van der Waals surface area contributed by atoms with E-state index in [-0.39, 0.29) is 0 Å². The first-order valence-electron chi connectivity index (χ1n) is 7.37. The fraction of sp³-hybridized carbons (Fsp3) is 1.00. The highest BCUT2D eigenvalue weighted by atomic mass is 14.5. The van der Waals surface area contributed by atoms with Crippen molar-refractivity contribution in [2.75, 3.05) is 0 Å². The van der Waals surface area contributed by atoms with E-state index in [1.165, 1.54) is 44.9 Å². The Bertz CT molecular complexity index is 172. The van der Waals surface area contributed by atoms with Crippen LogP contribution in [0.15, 0.2) is 0 Å². The number of rotatable bonds is 6. The van der Waals surface area contributed by atoms with Crippen molar-refractivity contribution >= 4 is 0 Å². The van der Waals surface area contributed by atoms with Crippen LogP contribution < -0.4 is 0 Å². The van der Waals surface area contributed by atoms with Gasteiger partial charge in [0.2, 0.25) is 0 Å². The van der Waals surface area contributed by atoms with Crippen LogP contribution in [0.1, 0.15) is 84.0 Å². The van der Waals surface area contributed by atoms with Crippen molar-refractivity contribution < 1.29 is 0 Å². The highest BCUT2D eigenvalue weighted by Crippen LogP contribution is 2.55. The van der Waals surface area contributed by atoms with Gasteiger partial charge in [-0.3, -0.25) is 0 Å². The van der Waals surface area contributed by atoms with Crippen LogP contribution in [0, 0.1) is 11.3 Å². The van der Waals surface area contributed by atoms with Gasteiger partial charge in [-0.15, -0.1) is 0 Å². The minimum atomic E-state index is 0.851. The lowest BCUT2D eigenvalue weighted by molar-refractivity contribution is 0.0382. The summed E-state index contributed by atoms with van der Waals surface area (Å²) in [4.78, 5) is 0. The van der Waals surface area contributed by atoms with Crippen molar-refractivity contribution in [3.8, 4) is 0 Å². The molecule has 0 atom stereocenters. The number of hydrogen-bond acceptors (Lipinski definition) is 0. The molecule has 2 aliphatic carbocycles. The summed E-state index contributed by atoms with van der Waals surface area (Å²) in [7, 11) is 0. The second-order valence-electron chi connectivity index (χ2n) is 6.01. The van der Waals surface area contributed by atoms with Crippen molar-refractivity contribution in [2.45, 2.75) is 84.0 Å². The van der Waals surface area contributed by atoms with Gasteiger partial charge in [-0.1, -0.05) is 51.9 Å². The number of hydrogen-bond donors (Lipinski definition) is 0. The fourth-order valence-corrected chi connectivity index (χ4v) is 3.94. The molecule has 0 unspecified atom stereocenters. The van der Waals surface area contributed by atoms with E-state index in [2.05, 4.69) is 6.92 Å². The predicted octanol–water partition coefficient (Wildman–Crippen LogP) is 5.32. The third-order valence-electron chi connectivity index (χ3n) is 5.10. The van der Waals surface area contributed by atoms with Gasteiger partial charge in [0.05, 0.1) is 0 Å². The molecular formula is C15H28. The quantitative estimate of drug-likeness (QED) is 0.518. The molecule has 0 heterocycles. The van der Waals surface area contributed by atoms with Crippen LogP contribution in [0.25, 0.3) is 0 Å². The summed E-state index contributed by atoms with van der Waals surface area (Å²) in [5.74, 6) is 1.13. The molecule has 0 aliphatic heterocycles. The molecule has 0 nitrogen and oxygen atoms in total. The van der Waals surface area contributed by atoms with Crippen molar-refractivity contribution in [3.63, 3.8) is 0 Å². The molecule has 2 saturated carbocycles. The first-order chi connectivity index (χ1) is 7.37. The van der Waals surface area contributed by atoms with Gasteiger partial charge < -0.3 is 0 Å². The molecule has 0 spiro atoms. The zero-order valence-corrected chi connectivity index (χ0v) is 10.6. The van der Waals surface area contributed by atoms with E-state index in [0.29, 0.717) is 0 Å². The molecule has 0 amide bonds. The van der Waals surface area contributed by atoms with E-state index in [9.17, 15) is 0 Å². The second kappa shape index (κ2) is 5.37. The smallest absolute Gasteiger partial charge is 0.0269 e. The van der Waals surface area contributed by atoms with Gasteiger partial charge in [0.25, 0.3) is 0 Å². The van der Waals surface area contributed by atoms with Crippen LogP contribution in [0.4, 0.5) is 0 Å². The Hall–Kier alpha value is 0. The van der Waals surface area contributed by atoms with Gasteiger partial charge in [0.1, 0.15) is 0 Å². The maximum atomic E-state index is 2.32. The molecule has 0 N–H and O–H groups in total. The molecule has 0 aromatic carbocycles. The molecule has 2 aliphatic rings. The van der Waals surface area contributed by atoms with E-state index >= 15 is 0 Å². The van der Waals surface area contributed by atoms with E-state index in [4.69, 9.17) is 0 Å². The summed E-state index contributed by atoms with van der Waals surface area (Å²) in [6.07, 6.45) is 18.3. The normalized spacial score (nSPS) is 25.4. The molecule has 0 radical (unpaired) electrons. The van der Waals surface area contributed by atoms with Gasteiger partial charge >= 0.3 is 0 Å². The Morgan fingerprint density at radius 1 is 0.933 bits per heavy atom. The van der Waals surface area contributed by atoms with Crippen molar-refractivity contribution in [3.05, 3.63) is 0 Å². The van der Waals surface area contributed by atoms with Crippen molar-refractivity contribution in [1.29, 1.82) is 0 Å². The molecule has 88 valence electrons. The molecule has 0 saturated heterocycles. The Balaban J connectivity index is 1.75. The third kappa shape index (κ3) is 2.57. The Labute approximate surface area is 95.8 Å². The Morgan fingerprint density at radius 2 is 1.67 bits per heavy atom. The van der Waals surface area contributed by atoms with E-state index in [1.54, 1.807) is 32.1 Å². The Morgan fingerprint density at radius 3 is 2.20 bits per heavy atom. The highest BCUT2D eigenvalue weighted by Gasteiger charge is 2.43. The summed E-state index contributed by atoms with van der Waals surface area (Å²) in [6, 6.07) is 0. The zero-order valence-electron chi connectivity index (χ0n) is 10.6. The van der Waals surface area contributed by atoms with Crippen molar-refractivity contribution in [1.82, 2.24) is 0 Å². The third-order valence-corrected chi connectivity index (χ3v) is 5.10. The molecular weight excluding hydrogens is 180 g/mol. The molecule has 15 heavy (non-hydrogen) atoms. The maximum Gasteiger partial charge on any atom is -0.0269 e. The van der Waals surface area contributed by atoms with Crippen molar-refractivity contribution in [2.24, 2.45) is 11.3 Å². The SMILES string of the molecule is CCCCCCC1(C2CCCC2)CCC1. The van der Waals surface area contributed by atoms with Crippen LogP contribution >= 0.6 is 0 Å². The van der Waals surface area contributed by atoms with Gasteiger partial charge in [0, 0.05) is 0 Å². The van der Waals surface area contributed by atoms with Crippen LogP contribution in [0.2, 0.25) is 0 Å². The highest BCUT2D eigenvalue weighted by molar-refractivity contribution is 4.94. The zero-order chi connectivity index (χ0) is 10.6. The van der Waals surface area contributed by atoms with Crippen LogP contribution in [0.3, 0.4) is 0 Å². The summed E-state index contributed by atoms with van der Waals surface area (Å²) < 4.78 is 0. The standard InChI is InChI=1S/C15H28/c1-2-3-4-7-11-15(12-8-13-15)14-9-5-6-10-14/h14H,2-13H2,1H3. The van der Waals surface area contributed by atoms with E-state index in [0.717, 1.165) is 11.3 Å². The summed E-state index contributed by atoms with van der Waals surface area (Å²) in [5, 5.41) is 0. The van der Waals surface area contributed by atoms with Gasteiger partial charge in [-0.2, -0.15) is 0 Å². The van der Waals surface area contributed by atoms with Crippen LogP contribution in [-0.4, -0.2) is 0 Å². The summed E-state index contributed by atoms with van der Waals surface area (Å²) in [5.41, 5.74) is 0.851. The molecule has 2 fully saturated rings. The average molecular weight is 208 g/mol. The lowest BCUT2D eigenvalue weighted by atomic mass is 9.58. The fourth-order valence-electron chi connectivity index (χ4n) is 3.94. The largest absolute Gasteiger partial charge is 0.0654 e. The van der Waals surface area contributed by atoms with Gasteiger partial charge in [0.15, 0.2) is 0 Å². The number of unbranched alkanes of at least 4 members (excludes halogenated alkanes) is 3. The van der Waals surface area contributed by atoms with Gasteiger partial charge in [-0.25, -0.2) is 0 Å². The minimum Gasteiger partial charge on any atom is -0.0654 e. The van der Waals surface area contributed by atoms with Crippen LogP contribution in [0.5, 0.6) is 0 Å². The molecule has 0 bridgehead atoms. The predicted molar refractivity (Wildman–Crippen MR) is 67.0 cm³/mol. The van der Waals surface area contributed by atoms with Crippen LogP contribution in [-0.2, 0) is 0 Å². The first kappa shape index (κ1) is 11.5. The minimum absolute atomic E-state index is 0.851. The first-order valence-corrected chi connectivity index (χ1v) is 7.37. The summed E-state index contributed by atoms with van der Waals surface area (Å²) >= 11 is 0. The molecule has 0 aromatic rings. The second-order valence-corrected chi connectivity index (χ2v) is 6.01. The van der Waals surface area contributed by atoms with Gasteiger partial charge in [-0.05, 0) is 43.4 Å². The monoisotopic (exact) mass is 208 g/mol. The Kier molecular flexibility index (Phi) is 4.11. The maximum absolute atomic E-state index is 2.32. The summed E-state index contributed by atoms with van der Waals surface area (Å²) in [6.45, 7) is 2.32. The average Bonchev–Trinajstić information content (AvgIpc) is 2.69. The van der Waals surface area contributed by atoms with E-state index in [1.807, 2.05) is 0 Å². The lowest BCUT2D eigenvalue weighted by Gasteiger charge is -2.47. The van der Waals surface area contributed by atoms with E-state index < -0.39 is 0 Å². The lowest BCUT2D eigenvalue weighted by Crippen LogP contribution is -2.36. The molecule has 0 heteroatoms. The molecule has 0 aromatic heterocycles. The molecule has 2 rings (SSSR count).